The predicted molar refractivity (Wildman–Crippen MR) is 248 cm³/mol. The molecule has 0 aromatic heterocycles. The van der Waals surface area contributed by atoms with Crippen molar-refractivity contribution in [2.45, 2.75) is 154 Å². The van der Waals surface area contributed by atoms with Crippen LogP contribution in [-0.2, 0) is 54.4 Å². The van der Waals surface area contributed by atoms with Gasteiger partial charge in [-0.05, 0) is 68.4 Å². The molecule has 0 heterocycles. The number of unbranched alkanes of at least 4 members (excludes halogenated alkanes) is 1. The number of aliphatic carboxylic acids is 2. The van der Waals surface area contributed by atoms with Crippen molar-refractivity contribution in [2.24, 2.45) is 35.0 Å². The molecule has 68 heavy (non-hydrogen) atoms. The molecule has 10 atom stereocenters. The SMILES string of the molecule is CC[C@H](C)[C@H](NC(=O)[C@H](CO)NC(=O)[C@H](CCCCN)NC(=O)[C@H](CC(C)C)NC(=O)[C@@H](NC(=O)[C@@H](N)Cc1ccccc1)[C@@H](C)CC)C(=O)N[C@@H](CC(N)=O)C(=O)N[C@@H](CCC(=O)O)C(=O)O. The van der Waals surface area contributed by atoms with Crippen molar-refractivity contribution < 1.29 is 63.3 Å². The van der Waals surface area contributed by atoms with Gasteiger partial charge in [0.15, 0.2) is 0 Å². The number of nitrogens with one attached hydrogen (secondary N) is 7. The van der Waals surface area contributed by atoms with Gasteiger partial charge in [-0.1, -0.05) is 84.7 Å². The van der Waals surface area contributed by atoms with E-state index in [1.54, 1.807) is 20.8 Å². The summed E-state index contributed by atoms with van der Waals surface area (Å²) in [6, 6.07) is -2.08. The zero-order valence-corrected chi connectivity index (χ0v) is 39.9. The molecule has 8 amide bonds. The molecule has 0 saturated carbocycles. The van der Waals surface area contributed by atoms with Gasteiger partial charge in [-0.15, -0.1) is 0 Å². The van der Waals surface area contributed by atoms with Gasteiger partial charge in [0, 0.05) is 6.42 Å². The van der Waals surface area contributed by atoms with Crippen molar-refractivity contribution in [2.75, 3.05) is 13.2 Å². The molecule has 0 radical (unpaired) electrons. The molecular weight excluding hydrogens is 889 g/mol. The summed E-state index contributed by atoms with van der Waals surface area (Å²) in [7, 11) is 0. The topological polar surface area (TPSA) is 394 Å². The van der Waals surface area contributed by atoms with Gasteiger partial charge in [0.2, 0.25) is 47.3 Å². The maximum Gasteiger partial charge on any atom is 0.326 e. The Bertz CT molecular complexity index is 1850. The molecule has 0 aliphatic carbocycles. The van der Waals surface area contributed by atoms with Crippen LogP contribution in [0, 0.1) is 17.8 Å². The van der Waals surface area contributed by atoms with E-state index in [4.69, 9.17) is 22.3 Å². The van der Waals surface area contributed by atoms with Crippen LogP contribution in [0.25, 0.3) is 0 Å². The Balaban J connectivity index is 3.32. The fourth-order valence-electron chi connectivity index (χ4n) is 6.81. The minimum atomic E-state index is -1.76. The normalized spacial score (nSPS) is 15.6. The molecule has 16 N–H and O–H groups in total. The third kappa shape index (κ3) is 21.6. The highest BCUT2D eigenvalue weighted by Crippen LogP contribution is 2.14. The molecular formula is C45H74N10O13. The Morgan fingerprint density at radius 1 is 0.588 bits per heavy atom. The second-order valence-corrected chi connectivity index (χ2v) is 17.4. The number of carbonyl (C=O) groups is 10. The van der Waals surface area contributed by atoms with E-state index in [1.165, 1.54) is 0 Å². The minimum Gasteiger partial charge on any atom is -0.481 e. The largest absolute Gasteiger partial charge is 0.481 e. The summed E-state index contributed by atoms with van der Waals surface area (Å²) in [5, 5.41) is 46.1. The molecule has 23 nitrogen and oxygen atoms in total. The highest BCUT2D eigenvalue weighted by atomic mass is 16.4. The average molecular weight is 963 g/mol. The van der Waals surface area contributed by atoms with E-state index in [1.807, 2.05) is 51.1 Å². The van der Waals surface area contributed by atoms with Crippen molar-refractivity contribution in [1.82, 2.24) is 37.2 Å². The number of carboxylic acids is 2. The third-order valence-electron chi connectivity index (χ3n) is 11.3. The van der Waals surface area contributed by atoms with Crippen molar-refractivity contribution in [3.63, 3.8) is 0 Å². The predicted octanol–water partition coefficient (Wildman–Crippen LogP) is -1.97. The zero-order valence-electron chi connectivity index (χ0n) is 39.9. The average Bonchev–Trinajstić information content (AvgIpc) is 3.28. The molecule has 1 aromatic carbocycles. The van der Waals surface area contributed by atoms with Crippen LogP contribution >= 0.6 is 0 Å². The summed E-state index contributed by atoms with van der Waals surface area (Å²) in [5.74, 6) is -11.3. The summed E-state index contributed by atoms with van der Waals surface area (Å²) in [4.78, 5) is 130. The Kier molecular flexibility index (Phi) is 27.2. The zero-order chi connectivity index (χ0) is 51.7. The van der Waals surface area contributed by atoms with Crippen LogP contribution in [0.4, 0.5) is 0 Å². The summed E-state index contributed by atoms with van der Waals surface area (Å²) >= 11 is 0. The van der Waals surface area contributed by atoms with E-state index in [-0.39, 0.29) is 44.1 Å². The van der Waals surface area contributed by atoms with E-state index >= 15 is 0 Å². The summed E-state index contributed by atoms with van der Waals surface area (Å²) in [6.45, 7) is 9.72. The number of carboxylic acid groups (broad SMARTS) is 2. The second-order valence-electron chi connectivity index (χ2n) is 17.4. The van der Waals surface area contributed by atoms with Crippen molar-refractivity contribution >= 4 is 59.2 Å². The number of aliphatic hydroxyl groups excluding tert-OH is 1. The van der Waals surface area contributed by atoms with Gasteiger partial charge in [-0.2, -0.15) is 0 Å². The first-order chi connectivity index (χ1) is 32.0. The van der Waals surface area contributed by atoms with Crippen LogP contribution in [0.1, 0.15) is 105 Å². The summed E-state index contributed by atoms with van der Waals surface area (Å²) < 4.78 is 0. The molecule has 0 aliphatic rings. The van der Waals surface area contributed by atoms with Crippen LogP contribution in [0.2, 0.25) is 0 Å². The minimum absolute atomic E-state index is 0.0159. The monoisotopic (exact) mass is 963 g/mol. The van der Waals surface area contributed by atoms with Crippen LogP contribution in [0.3, 0.4) is 0 Å². The highest BCUT2D eigenvalue weighted by molar-refractivity contribution is 5.98. The molecule has 23 heteroatoms. The number of primary amides is 1. The number of rotatable bonds is 33. The van der Waals surface area contributed by atoms with Crippen LogP contribution < -0.4 is 54.4 Å². The quantitative estimate of drug-likeness (QED) is 0.0340. The standard InChI is InChI=1S/C45H74N10O13/c1-7-25(5)36(54-38(60)28(47)21-27-14-10-9-11-15-27)43(65)51-31(20-24(3)4)40(62)49-29(16-12-13-19-46)39(61)53-33(23-56)42(64)55-37(26(6)8-2)44(66)52-32(22-34(48)57)41(63)50-30(45(67)68)17-18-35(58)59/h9-11,14-15,24-26,28-33,36-37,56H,7-8,12-13,16-23,46-47H2,1-6H3,(H2,48,57)(H,49,62)(H,50,63)(H,51,65)(H,52,66)(H,53,61)(H,54,60)(H,55,64)(H,58,59)(H,67,68)/t25-,26-,28-,29-,30-,31-,32-,33-,36-,37-/m0/s1. The van der Waals surface area contributed by atoms with Crippen molar-refractivity contribution in [1.29, 1.82) is 0 Å². The van der Waals surface area contributed by atoms with Gasteiger partial charge in [-0.3, -0.25) is 43.2 Å². The fourth-order valence-corrected chi connectivity index (χ4v) is 6.81. The van der Waals surface area contributed by atoms with E-state index in [0.717, 1.165) is 5.56 Å². The summed E-state index contributed by atoms with van der Waals surface area (Å²) in [5.41, 5.74) is 18.0. The number of hydrogen-bond donors (Lipinski definition) is 13. The molecule has 0 fully saturated rings. The number of carbonyl (C=O) groups excluding carboxylic acids is 8. The molecule has 0 unspecified atom stereocenters. The van der Waals surface area contributed by atoms with Gasteiger partial charge in [0.05, 0.1) is 19.1 Å². The fraction of sp³-hybridized carbons (Fsp3) is 0.644. The van der Waals surface area contributed by atoms with Gasteiger partial charge in [0.25, 0.3) is 0 Å². The lowest BCUT2D eigenvalue weighted by Gasteiger charge is -2.30. The molecule has 1 rings (SSSR count). The van der Waals surface area contributed by atoms with E-state index in [2.05, 4.69) is 37.2 Å². The van der Waals surface area contributed by atoms with Gasteiger partial charge in [-0.25, -0.2) is 4.79 Å². The molecule has 0 bridgehead atoms. The van der Waals surface area contributed by atoms with E-state index < -0.39 is 139 Å². The Morgan fingerprint density at radius 2 is 1.06 bits per heavy atom. The Hall–Kier alpha value is -6.20. The number of nitrogens with two attached hydrogens (primary N) is 3. The first-order valence-corrected chi connectivity index (χ1v) is 23.0. The van der Waals surface area contributed by atoms with E-state index in [0.29, 0.717) is 19.3 Å². The lowest BCUT2D eigenvalue weighted by molar-refractivity contribution is -0.143. The smallest absolute Gasteiger partial charge is 0.326 e. The van der Waals surface area contributed by atoms with Gasteiger partial charge in [0.1, 0.15) is 42.3 Å². The number of aliphatic hydroxyl groups is 1. The Labute approximate surface area is 397 Å². The maximum absolute atomic E-state index is 14.0. The molecule has 1 aromatic rings. The van der Waals surface area contributed by atoms with Crippen LogP contribution in [0.5, 0.6) is 0 Å². The van der Waals surface area contributed by atoms with Crippen molar-refractivity contribution in [3.8, 4) is 0 Å². The number of hydrogen-bond acceptors (Lipinski definition) is 13. The lowest BCUT2D eigenvalue weighted by Crippen LogP contribution is -2.62. The van der Waals surface area contributed by atoms with Crippen LogP contribution in [-0.4, -0.2) is 136 Å². The second kappa shape index (κ2) is 31.0. The lowest BCUT2D eigenvalue weighted by atomic mass is 9.96. The van der Waals surface area contributed by atoms with Crippen LogP contribution in [0.15, 0.2) is 30.3 Å². The van der Waals surface area contributed by atoms with Crippen molar-refractivity contribution in [3.05, 3.63) is 35.9 Å². The number of benzene rings is 1. The first kappa shape index (κ1) is 59.8. The highest BCUT2D eigenvalue weighted by Gasteiger charge is 2.36. The van der Waals surface area contributed by atoms with Gasteiger partial charge < -0.3 is 69.7 Å². The summed E-state index contributed by atoms with van der Waals surface area (Å²) in [6.07, 6.45) is -0.0799. The van der Waals surface area contributed by atoms with E-state index in [9.17, 15) is 58.2 Å². The third-order valence-corrected chi connectivity index (χ3v) is 11.3. The molecule has 0 spiro atoms. The number of amides is 8. The molecule has 0 aliphatic heterocycles. The first-order valence-electron chi connectivity index (χ1n) is 23.0. The molecule has 0 saturated heterocycles. The molecule has 382 valence electrons. The Morgan fingerprint density at radius 3 is 1.54 bits per heavy atom. The maximum atomic E-state index is 14.0. The van der Waals surface area contributed by atoms with Gasteiger partial charge >= 0.3 is 11.9 Å².